The first-order valence-corrected chi connectivity index (χ1v) is 11.3. The van der Waals surface area contributed by atoms with Gasteiger partial charge in [0.15, 0.2) is 0 Å². The molecule has 0 amide bonds. The summed E-state index contributed by atoms with van der Waals surface area (Å²) in [6.45, 7) is 5.79. The van der Waals surface area contributed by atoms with Crippen molar-refractivity contribution >= 4 is 5.95 Å². The molecule has 6 heteroatoms. The first-order chi connectivity index (χ1) is 14.3. The molecule has 0 radical (unpaired) electrons. The minimum absolute atomic E-state index is 0.249. The van der Waals surface area contributed by atoms with Gasteiger partial charge in [0.05, 0.1) is 24.9 Å². The molecule has 0 saturated carbocycles. The van der Waals surface area contributed by atoms with Crippen molar-refractivity contribution < 1.29 is 9.47 Å². The van der Waals surface area contributed by atoms with Crippen molar-refractivity contribution in [2.24, 2.45) is 0 Å². The average molecular weight is 397 g/mol. The van der Waals surface area contributed by atoms with E-state index >= 15 is 0 Å². The SMILES string of the molecule is CC[C@@H](c1ccccc1)c1nnc(N2C[C@H]3CC[C@@H](C2)O3)n1C[C@@H]1CCCCO1. The number of rotatable bonds is 6. The predicted octanol–water partition coefficient (Wildman–Crippen LogP) is 3.76. The van der Waals surface area contributed by atoms with Gasteiger partial charge in [-0.15, -0.1) is 10.2 Å². The van der Waals surface area contributed by atoms with Gasteiger partial charge in [-0.1, -0.05) is 37.3 Å². The van der Waals surface area contributed by atoms with E-state index in [4.69, 9.17) is 19.7 Å². The van der Waals surface area contributed by atoms with Crippen LogP contribution in [-0.2, 0) is 16.0 Å². The fraction of sp³-hybridized carbons (Fsp3) is 0.652. The Balaban J connectivity index is 1.49. The smallest absolute Gasteiger partial charge is 0.227 e. The molecular weight excluding hydrogens is 364 g/mol. The van der Waals surface area contributed by atoms with Gasteiger partial charge in [0.1, 0.15) is 5.82 Å². The third kappa shape index (κ3) is 3.92. The predicted molar refractivity (Wildman–Crippen MR) is 112 cm³/mol. The third-order valence-corrected chi connectivity index (χ3v) is 6.67. The second-order valence-electron chi connectivity index (χ2n) is 8.69. The summed E-state index contributed by atoms with van der Waals surface area (Å²) >= 11 is 0. The Kier molecular flexibility index (Phi) is 5.55. The van der Waals surface area contributed by atoms with E-state index in [1.807, 2.05) is 0 Å². The molecule has 6 nitrogen and oxygen atoms in total. The molecule has 156 valence electrons. The minimum atomic E-state index is 0.249. The van der Waals surface area contributed by atoms with Crippen LogP contribution in [-0.4, -0.2) is 52.8 Å². The fourth-order valence-electron chi connectivity index (χ4n) is 5.16. The lowest BCUT2D eigenvalue weighted by Gasteiger charge is -2.34. The highest BCUT2D eigenvalue weighted by Gasteiger charge is 2.36. The van der Waals surface area contributed by atoms with Crippen LogP contribution < -0.4 is 4.90 Å². The zero-order valence-electron chi connectivity index (χ0n) is 17.4. The topological polar surface area (TPSA) is 52.4 Å². The average Bonchev–Trinajstić information content (AvgIpc) is 3.33. The van der Waals surface area contributed by atoms with Gasteiger partial charge in [0, 0.05) is 25.6 Å². The van der Waals surface area contributed by atoms with Crippen LogP contribution in [0.4, 0.5) is 5.95 Å². The van der Waals surface area contributed by atoms with Gasteiger partial charge < -0.3 is 14.4 Å². The van der Waals surface area contributed by atoms with E-state index in [9.17, 15) is 0 Å². The Morgan fingerprint density at radius 3 is 2.52 bits per heavy atom. The number of hydrogen-bond donors (Lipinski definition) is 0. The van der Waals surface area contributed by atoms with Crippen molar-refractivity contribution in [3.05, 3.63) is 41.7 Å². The summed E-state index contributed by atoms with van der Waals surface area (Å²) < 4.78 is 14.5. The maximum atomic E-state index is 6.10. The Hall–Kier alpha value is -1.92. The van der Waals surface area contributed by atoms with Gasteiger partial charge in [-0.3, -0.25) is 4.57 Å². The van der Waals surface area contributed by atoms with Crippen LogP contribution in [0.1, 0.15) is 62.8 Å². The van der Waals surface area contributed by atoms with E-state index < -0.39 is 0 Å². The molecular formula is C23H32N4O2. The molecule has 29 heavy (non-hydrogen) atoms. The molecule has 0 N–H and O–H groups in total. The molecule has 0 unspecified atom stereocenters. The summed E-state index contributed by atoms with van der Waals surface area (Å²) in [5, 5.41) is 9.47. The summed E-state index contributed by atoms with van der Waals surface area (Å²) in [5.74, 6) is 2.32. The zero-order chi connectivity index (χ0) is 19.6. The molecule has 4 atom stereocenters. The van der Waals surface area contributed by atoms with Crippen LogP contribution in [0, 0.1) is 0 Å². The summed E-state index contributed by atoms with van der Waals surface area (Å²) in [6, 6.07) is 10.7. The van der Waals surface area contributed by atoms with Crippen LogP contribution in [0.5, 0.6) is 0 Å². The highest BCUT2D eigenvalue weighted by Crippen LogP contribution is 2.33. The molecule has 3 aliphatic heterocycles. The lowest BCUT2D eigenvalue weighted by Crippen LogP contribution is -2.44. The minimum Gasteiger partial charge on any atom is -0.376 e. The van der Waals surface area contributed by atoms with Crippen molar-refractivity contribution in [2.75, 3.05) is 24.6 Å². The fourth-order valence-corrected chi connectivity index (χ4v) is 5.16. The van der Waals surface area contributed by atoms with E-state index in [0.29, 0.717) is 12.2 Å². The van der Waals surface area contributed by atoms with E-state index in [-0.39, 0.29) is 12.0 Å². The van der Waals surface area contributed by atoms with Crippen LogP contribution in [0.3, 0.4) is 0 Å². The molecule has 2 aromatic rings. The molecule has 3 aliphatic rings. The molecule has 5 rings (SSSR count). The lowest BCUT2D eigenvalue weighted by atomic mass is 9.95. The van der Waals surface area contributed by atoms with Crippen molar-refractivity contribution in [1.82, 2.24) is 14.8 Å². The Labute approximate surface area is 173 Å². The first-order valence-electron chi connectivity index (χ1n) is 11.3. The summed E-state index contributed by atoms with van der Waals surface area (Å²) in [4.78, 5) is 2.41. The molecule has 3 fully saturated rings. The van der Waals surface area contributed by atoms with Gasteiger partial charge >= 0.3 is 0 Å². The van der Waals surface area contributed by atoms with Crippen molar-refractivity contribution in [3.63, 3.8) is 0 Å². The zero-order valence-corrected chi connectivity index (χ0v) is 17.4. The van der Waals surface area contributed by atoms with E-state index in [0.717, 1.165) is 63.7 Å². The Bertz CT molecular complexity index is 790. The number of nitrogens with zero attached hydrogens (tertiary/aromatic N) is 4. The molecule has 1 aromatic heterocycles. The normalized spacial score (nSPS) is 27.9. The van der Waals surface area contributed by atoms with Gasteiger partial charge in [-0.25, -0.2) is 0 Å². The first kappa shape index (κ1) is 19.1. The number of aromatic nitrogens is 3. The Morgan fingerprint density at radius 2 is 1.83 bits per heavy atom. The van der Waals surface area contributed by atoms with Gasteiger partial charge in [-0.05, 0) is 44.1 Å². The number of benzene rings is 1. The van der Waals surface area contributed by atoms with Gasteiger partial charge in [-0.2, -0.15) is 0 Å². The van der Waals surface area contributed by atoms with Gasteiger partial charge in [0.25, 0.3) is 0 Å². The molecule has 0 aliphatic carbocycles. The summed E-state index contributed by atoms with van der Waals surface area (Å²) in [6.07, 6.45) is 7.79. The van der Waals surface area contributed by atoms with E-state index in [1.54, 1.807) is 0 Å². The maximum absolute atomic E-state index is 6.10. The lowest BCUT2D eigenvalue weighted by molar-refractivity contribution is 0.00496. The Morgan fingerprint density at radius 1 is 1.03 bits per heavy atom. The highest BCUT2D eigenvalue weighted by atomic mass is 16.5. The molecule has 1 aromatic carbocycles. The second-order valence-corrected chi connectivity index (χ2v) is 8.69. The number of morpholine rings is 1. The highest BCUT2D eigenvalue weighted by molar-refractivity contribution is 5.36. The molecule has 0 spiro atoms. The number of hydrogen-bond acceptors (Lipinski definition) is 5. The quantitative estimate of drug-likeness (QED) is 0.744. The monoisotopic (exact) mass is 396 g/mol. The summed E-state index contributed by atoms with van der Waals surface area (Å²) in [5.41, 5.74) is 1.31. The van der Waals surface area contributed by atoms with Crippen LogP contribution in [0.15, 0.2) is 30.3 Å². The van der Waals surface area contributed by atoms with Crippen molar-refractivity contribution in [3.8, 4) is 0 Å². The molecule has 2 bridgehead atoms. The number of fused-ring (bicyclic) bond motifs is 2. The van der Waals surface area contributed by atoms with Crippen molar-refractivity contribution in [1.29, 1.82) is 0 Å². The third-order valence-electron chi connectivity index (χ3n) is 6.67. The molecule has 3 saturated heterocycles. The van der Waals surface area contributed by atoms with Gasteiger partial charge in [0.2, 0.25) is 5.95 Å². The maximum Gasteiger partial charge on any atom is 0.227 e. The second kappa shape index (κ2) is 8.44. The number of ether oxygens (including phenoxy) is 2. The van der Waals surface area contributed by atoms with E-state index in [1.165, 1.54) is 18.4 Å². The largest absolute Gasteiger partial charge is 0.376 e. The van der Waals surface area contributed by atoms with Crippen LogP contribution in [0.2, 0.25) is 0 Å². The van der Waals surface area contributed by atoms with Crippen molar-refractivity contribution in [2.45, 2.75) is 76.2 Å². The standard InChI is InChI=1S/C23H32N4O2/c1-2-21(17-8-4-3-5-9-17)22-24-25-23(26-14-19-11-12-20(15-26)29-19)27(22)16-18-10-6-7-13-28-18/h3-5,8-9,18-21H,2,6-7,10-16H2,1H3/t18-,19-,20+,21-/m0/s1. The van der Waals surface area contributed by atoms with Crippen LogP contribution >= 0.6 is 0 Å². The summed E-state index contributed by atoms with van der Waals surface area (Å²) in [7, 11) is 0. The van der Waals surface area contributed by atoms with E-state index in [2.05, 4.69) is 46.7 Å². The number of anilines is 1. The molecule has 4 heterocycles. The van der Waals surface area contributed by atoms with Crippen LogP contribution in [0.25, 0.3) is 0 Å².